The summed E-state index contributed by atoms with van der Waals surface area (Å²) in [5.41, 5.74) is 26.8. The molecule has 0 aliphatic heterocycles. The third-order valence-corrected chi connectivity index (χ3v) is 21.9. The van der Waals surface area contributed by atoms with E-state index in [4.69, 9.17) is 15.0 Å². The standard InChI is InChI=1S/C35H25BN2O2.2C34H24BN3O2/c39-36(40)30-18-10-20-34-35(30)29-17-7-8-19-33(29)38(34)28-16-9-15-26(21-28)32-23-27(24-11-3-1-4-12-24)22-31(37-32)25-13-5-2-6-14-25;39-35(40)28-18-10-20-32-33(28)27-17-7-8-19-31(27)38(32)26-16-9-15-25(21-26)30-22-29(23-11-3-1-4-12-23)36-34(37-30)24-13-5-2-6-14-24;39-35(40)29-12-8-16-33-34(29)28-11-1-2-15-32(28)38(33)27-10-7-9-23(22-27)24-19-25(30-13-3-5-17-36-30)21-26(20-24)31-14-4-6-18-37-31/h1-23,39-40H;2*1-22,39-40H. The first-order valence-corrected chi connectivity index (χ1v) is 39.6. The summed E-state index contributed by atoms with van der Waals surface area (Å²) in [6.45, 7) is 0. The van der Waals surface area contributed by atoms with Gasteiger partial charge >= 0.3 is 21.4 Å². The number of para-hydroxylation sites is 3. The highest BCUT2D eigenvalue weighted by Gasteiger charge is 2.26. The molecule has 0 saturated carbocycles. The van der Waals surface area contributed by atoms with Crippen molar-refractivity contribution in [1.82, 2.24) is 38.6 Å². The summed E-state index contributed by atoms with van der Waals surface area (Å²) in [6, 6.07) is 132. The molecule has 0 amide bonds. The average Bonchev–Trinajstić information content (AvgIpc) is 1.59. The van der Waals surface area contributed by atoms with E-state index in [1.807, 2.05) is 225 Å². The zero-order valence-corrected chi connectivity index (χ0v) is 64.7. The predicted octanol–water partition coefficient (Wildman–Crippen LogP) is 19.4. The molecule has 14 aromatic carbocycles. The Morgan fingerprint density at radius 2 is 0.492 bits per heavy atom. The van der Waals surface area contributed by atoms with Crippen molar-refractivity contribution < 1.29 is 30.1 Å². The van der Waals surface area contributed by atoms with Crippen molar-refractivity contribution in [3.8, 4) is 118 Å². The van der Waals surface area contributed by atoms with Crippen molar-refractivity contribution in [2.45, 2.75) is 0 Å². The van der Waals surface area contributed by atoms with E-state index < -0.39 is 21.4 Å². The minimum Gasteiger partial charge on any atom is -0.423 e. The molecule has 0 saturated heterocycles. The lowest BCUT2D eigenvalue weighted by atomic mass is 9.77. The number of fused-ring (bicyclic) bond motifs is 9. The van der Waals surface area contributed by atoms with Crippen molar-refractivity contribution in [1.29, 1.82) is 0 Å². The van der Waals surface area contributed by atoms with Gasteiger partial charge in [-0.3, -0.25) is 9.97 Å². The van der Waals surface area contributed by atoms with Crippen LogP contribution < -0.4 is 16.4 Å². The first kappa shape index (κ1) is 75.0. The lowest BCUT2D eigenvalue weighted by Gasteiger charge is -2.13. The molecule has 0 aliphatic rings. The first-order valence-electron chi connectivity index (χ1n) is 39.6. The van der Waals surface area contributed by atoms with Gasteiger partial charge in [0.25, 0.3) is 0 Å². The van der Waals surface area contributed by atoms with Gasteiger partial charge in [-0.25, -0.2) is 15.0 Å². The van der Waals surface area contributed by atoms with Gasteiger partial charge in [0.1, 0.15) is 0 Å². The number of benzene rings is 14. The molecule has 21 rings (SSSR count). The monoisotopic (exact) mass is 1550 g/mol. The Morgan fingerprint density at radius 3 is 0.892 bits per heavy atom. The summed E-state index contributed by atoms with van der Waals surface area (Å²) >= 11 is 0. The molecule has 0 atom stereocenters. The van der Waals surface area contributed by atoms with Crippen LogP contribution in [-0.4, -0.2) is 90.1 Å². The van der Waals surface area contributed by atoms with Gasteiger partial charge in [-0.2, -0.15) is 0 Å². The van der Waals surface area contributed by atoms with Crippen LogP contribution in [0.1, 0.15) is 0 Å². The van der Waals surface area contributed by atoms with Gasteiger partial charge in [0.2, 0.25) is 0 Å². The summed E-state index contributed by atoms with van der Waals surface area (Å²) in [6.07, 6.45) is 3.62. The zero-order chi connectivity index (χ0) is 81.2. The third-order valence-electron chi connectivity index (χ3n) is 21.9. The van der Waals surface area contributed by atoms with Crippen LogP contribution in [-0.2, 0) is 0 Å². The second-order valence-electron chi connectivity index (χ2n) is 29.3. The predicted molar refractivity (Wildman–Crippen MR) is 490 cm³/mol. The van der Waals surface area contributed by atoms with E-state index in [1.165, 1.54) is 0 Å². The highest BCUT2D eigenvalue weighted by molar-refractivity contribution is 6.64. The Balaban J connectivity index is 0.000000119. The molecule has 17 heteroatoms. The number of pyridine rings is 3. The van der Waals surface area contributed by atoms with Crippen LogP contribution in [0.2, 0.25) is 0 Å². The molecule has 6 N–H and O–H groups in total. The molecule has 0 unspecified atom stereocenters. The molecule has 570 valence electrons. The maximum absolute atomic E-state index is 10.1. The van der Waals surface area contributed by atoms with Crippen LogP contribution in [0.5, 0.6) is 0 Å². The van der Waals surface area contributed by atoms with Crippen LogP contribution >= 0.6 is 0 Å². The van der Waals surface area contributed by atoms with E-state index in [2.05, 4.69) is 187 Å². The lowest BCUT2D eigenvalue weighted by molar-refractivity contribution is 0.425. The van der Waals surface area contributed by atoms with E-state index in [0.717, 1.165) is 178 Å². The van der Waals surface area contributed by atoms with Gasteiger partial charge in [-0.1, -0.05) is 261 Å². The van der Waals surface area contributed by atoms with Crippen LogP contribution in [0.25, 0.3) is 184 Å². The molecule has 0 fully saturated rings. The minimum atomic E-state index is -1.57. The van der Waals surface area contributed by atoms with Crippen molar-refractivity contribution in [2.24, 2.45) is 0 Å². The van der Waals surface area contributed by atoms with E-state index in [9.17, 15) is 30.1 Å². The molecule has 7 aromatic heterocycles. The molecule has 21 aromatic rings. The quantitative estimate of drug-likeness (QED) is 0.0534. The Bertz CT molecular complexity index is 6480. The van der Waals surface area contributed by atoms with Crippen molar-refractivity contribution in [3.05, 3.63) is 407 Å². The fourth-order valence-corrected chi connectivity index (χ4v) is 16.5. The van der Waals surface area contributed by atoms with Gasteiger partial charge < -0.3 is 43.8 Å². The fourth-order valence-electron chi connectivity index (χ4n) is 16.5. The normalized spacial score (nSPS) is 11.2. The topological polar surface area (TPSA) is 201 Å². The molecule has 0 spiro atoms. The van der Waals surface area contributed by atoms with Gasteiger partial charge in [0.05, 0.1) is 67.3 Å². The Kier molecular flexibility index (Phi) is 20.6. The molecule has 0 radical (unpaired) electrons. The molecule has 7 heterocycles. The Morgan fingerprint density at radius 1 is 0.192 bits per heavy atom. The minimum absolute atomic E-state index is 0.486. The molecule has 0 bridgehead atoms. The van der Waals surface area contributed by atoms with Gasteiger partial charge in [0.15, 0.2) is 5.82 Å². The van der Waals surface area contributed by atoms with Crippen LogP contribution in [0.3, 0.4) is 0 Å². The first-order chi connectivity index (χ1) is 59.0. The second kappa shape index (κ2) is 32.9. The maximum atomic E-state index is 10.1. The Labute approximate surface area is 692 Å². The summed E-state index contributed by atoms with van der Waals surface area (Å²) in [4.78, 5) is 24.2. The van der Waals surface area contributed by atoms with E-state index in [0.29, 0.717) is 22.2 Å². The summed E-state index contributed by atoms with van der Waals surface area (Å²) in [7, 11) is -4.69. The smallest absolute Gasteiger partial charge is 0.423 e. The fraction of sp³-hybridized carbons (Fsp3) is 0. The highest BCUT2D eigenvalue weighted by Crippen LogP contribution is 2.40. The molecule has 0 aliphatic carbocycles. The number of nitrogens with zero attached hydrogens (tertiary/aromatic N) is 8. The van der Waals surface area contributed by atoms with Gasteiger partial charge in [0, 0.05) is 101 Å². The van der Waals surface area contributed by atoms with E-state index >= 15 is 0 Å². The van der Waals surface area contributed by atoms with Crippen LogP contribution in [0.4, 0.5) is 0 Å². The SMILES string of the molecule is OB(O)c1cccc2c1c1ccccc1n2-c1cccc(-c2cc(-c3ccccc3)cc(-c3ccccc3)n2)c1.OB(O)c1cccc2c1c1ccccc1n2-c1cccc(-c2cc(-c3ccccc3)nc(-c3ccccc3)n2)c1.OB(O)c1cccc2c1c1ccccc1n2-c1cccc(-c2cc(-c3ccccn3)cc(-c3ccccn3)c2)c1. The zero-order valence-electron chi connectivity index (χ0n) is 64.7. The van der Waals surface area contributed by atoms with E-state index in [-0.39, 0.29) is 0 Å². The second-order valence-corrected chi connectivity index (χ2v) is 29.3. The summed E-state index contributed by atoms with van der Waals surface area (Å²) in [5.74, 6) is 0.667. The number of rotatable bonds is 15. The van der Waals surface area contributed by atoms with Crippen molar-refractivity contribution in [3.63, 3.8) is 0 Å². The number of hydrogen-bond acceptors (Lipinski definition) is 11. The van der Waals surface area contributed by atoms with Crippen molar-refractivity contribution in [2.75, 3.05) is 0 Å². The molecule has 120 heavy (non-hydrogen) atoms. The largest absolute Gasteiger partial charge is 0.489 e. The van der Waals surface area contributed by atoms with Crippen LogP contribution in [0, 0.1) is 0 Å². The molecule has 14 nitrogen and oxygen atoms in total. The van der Waals surface area contributed by atoms with Gasteiger partial charge in [-0.05, 0) is 172 Å². The summed E-state index contributed by atoms with van der Waals surface area (Å²) in [5, 5.41) is 66.2. The third kappa shape index (κ3) is 14.7. The van der Waals surface area contributed by atoms with Gasteiger partial charge in [-0.15, -0.1) is 0 Å². The van der Waals surface area contributed by atoms with Crippen LogP contribution in [0.15, 0.2) is 407 Å². The summed E-state index contributed by atoms with van der Waals surface area (Å²) < 4.78 is 6.53. The number of hydrogen-bond donors (Lipinski definition) is 6. The lowest BCUT2D eigenvalue weighted by Crippen LogP contribution is -2.30. The highest BCUT2D eigenvalue weighted by atomic mass is 16.4. The number of aromatic nitrogens is 8. The Hall–Kier alpha value is -15.0. The average molecular weight is 1550 g/mol. The van der Waals surface area contributed by atoms with Crippen molar-refractivity contribution >= 4 is 103 Å². The molecular weight excluding hydrogens is 1480 g/mol. The maximum Gasteiger partial charge on any atom is 0.489 e. The molecular formula is C103H73B3N8O6. The van der Waals surface area contributed by atoms with E-state index in [1.54, 1.807) is 18.2 Å².